The van der Waals surface area contributed by atoms with Crippen LogP contribution in [0, 0.1) is 0 Å². The van der Waals surface area contributed by atoms with E-state index in [1.165, 1.54) is 12.1 Å². The molecule has 0 saturated heterocycles. The van der Waals surface area contributed by atoms with E-state index < -0.39 is 12.8 Å². The molecule has 112 valence electrons. The lowest BCUT2D eigenvalue weighted by Crippen LogP contribution is -2.19. The first kappa shape index (κ1) is 15.1. The second kappa shape index (κ2) is 5.99. The van der Waals surface area contributed by atoms with Crippen LogP contribution in [0.5, 0.6) is 5.75 Å². The molecule has 2 aromatic rings. The van der Waals surface area contributed by atoms with E-state index in [9.17, 15) is 18.0 Å². The van der Waals surface area contributed by atoms with Gasteiger partial charge in [0.1, 0.15) is 11.4 Å². The van der Waals surface area contributed by atoms with E-state index in [4.69, 9.17) is 0 Å². The van der Waals surface area contributed by atoms with Crippen LogP contribution in [0.1, 0.15) is 17.3 Å². The predicted octanol–water partition coefficient (Wildman–Crippen LogP) is 3.32. The minimum absolute atomic E-state index is 0.110. The number of carbonyl (C=O) groups excluding carboxylic acids is 1. The fraction of sp³-hybridized carbons (Fsp3) is 0.286. The summed E-state index contributed by atoms with van der Waals surface area (Å²) in [5, 5.41) is 4.25. The van der Waals surface area contributed by atoms with Crippen molar-refractivity contribution < 1.29 is 22.7 Å². The number of aromatic nitrogens is 2. The molecule has 1 aromatic carbocycles. The number of benzene rings is 1. The van der Waals surface area contributed by atoms with Gasteiger partial charge >= 0.3 is 6.18 Å². The maximum atomic E-state index is 12.0. The number of halogens is 3. The largest absolute Gasteiger partial charge is 0.484 e. The number of ether oxygens (including phenoxy) is 1. The molecule has 0 saturated carbocycles. The second-order valence-electron chi connectivity index (χ2n) is 4.33. The number of hydrogen-bond donors (Lipinski definition) is 0. The summed E-state index contributed by atoms with van der Waals surface area (Å²) in [6, 6.07) is 5.98. The molecule has 21 heavy (non-hydrogen) atoms. The average molecular weight is 298 g/mol. The highest BCUT2D eigenvalue weighted by Crippen LogP contribution is 2.25. The zero-order valence-corrected chi connectivity index (χ0v) is 11.2. The highest BCUT2D eigenvalue weighted by molar-refractivity contribution is 5.85. The van der Waals surface area contributed by atoms with Crippen LogP contribution in [-0.2, 0) is 6.54 Å². The molecule has 4 nitrogen and oxygen atoms in total. The molecule has 7 heteroatoms. The van der Waals surface area contributed by atoms with Crippen molar-refractivity contribution in [3.8, 4) is 17.0 Å². The van der Waals surface area contributed by atoms with E-state index in [1.54, 1.807) is 23.0 Å². The van der Waals surface area contributed by atoms with Crippen LogP contribution in [0.15, 0.2) is 30.5 Å². The third kappa shape index (κ3) is 3.84. The van der Waals surface area contributed by atoms with E-state index in [0.717, 1.165) is 0 Å². The fourth-order valence-corrected chi connectivity index (χ4v) is 1.78. The van der Waals surface area contributed by atoms with Crippen LogP contribution in [0.25, 0.3) is 11.3 Å². The standard InChI is InChI=1S/C14H13F3N2O2/c1-2-19-7-11(8-20)13(18-19)10-3-5-12(6-4-10)21-9-14(15,16)17/h3-8H,2,9H2,1H3. The fourth-order valence-electron chi connectivity index (χ4n) is 1.78. The monoisotopic (exact) mass is 298 g/mol. The Hall–Kier alpha value is -2.31. The Bertz CT molecular complexity index is 618. The first-order chi connectivity index (χ1) is 9.93. The van der Waals surface area contributed by atoms with Gasteiger partial charge in [0, 0.05) is 18.3 Å². The number of hydrogen-bond acceptors (Lipinski definition) is 3. The van der Waals surface area contributed by atoms with Gasteiger partial charge in [-0.15, -0.1) is 0 Å². The van der Waals surface area contributed by atoms with Crippen molar-refractivity contribution in [1.29, 1.82) is 0 Å². The average Bonchev–Trinajstić information content (AvgIpc) is 2.88. The highest BCUT2D eigenvalue weighted by atomic mass is 19.4. The van der Waals surface area contributed by atoms with Crippen LogP contribution in [0.2, 0.25) is 0 Å². The summed E-state index contributed by atoms with van der Waals surface area (Å²) in [5.74, 6) is 0.110. The summed E-state index contributed by atoms with van der Waals surface area (Å²) in [7, 11) is 0. The van der Waals surface area contributed by atoms with Crippen molar-refractivity contribution in [1.82, 2.24) is 9.78 Å². The minimum atomic E-state index is -4.37. The number of alkyl halides is 3. The van der Waals surface area contributed by atoms with Crippen LogP contribution in [0.4, 0.5) is 13.2 Å². The maximum absolute atomic E-state index is 12.0. The van der Waals surface area contributed by atoms with Crippen LogP contribution < -0.4 is 4.74 Å². The van der Waals surface area contributed by atoms with Crippen molar-refractivity contribution >= 4 is 6.29 Å². The Morgan fingerprint density at radius 3 is 2.48 bits per heavy atom. The van der Waals surface area contributed by atoms with Crippen LogP contribution in [0.3, 0.4) is 0 Å². The maximum Gasteiger partial charge on any atom is 0.422 e. The highest BCUT2D eigenvalue weighted by Gasteiger charge is 2.28. The van der Waals surface area contributed by atoms with Gasteiger partial charge in [0.05, 0.1) is 5.56 Å². The van der Waals surface area contributed by atoms with E-state index in [1.807, 2.05) is 6.92 Å². The molecule has 2 rings (SSSR count). The summed E-state index contributed by atoms with van der Waals surface area (Å²) >= 11 is 0. The van der Waals surface area contributed by atoms with Crippen molar-refractivity contribution in [2.24, 2.45) is 0 Å². The van der Waals surface area contributed by atoms with E-state index >= 15 is 0 Å². The molecule has 1 aromatic heterocycles. The quantitative estimate of drug-likeness (QED) is 0.795. The Labute approximate surface area is 119 Å². The first-order valence-corrected chi connectivity index (χ1v) is 6.25. The Morgan fingerprint density at radius 2 is 1.95 bits per heavy atom. The van der Waals surface area contributed by atoms with Gasteiger partial charge < -0.3 is 4.74 Å². The zero-order valence-electron chi connectivity index (χ0n) is 11.2. The Balaban J connectivity index is 2.19. The first-order valence-electron chi connectivity index (χ1n) is 6.25. The van der Waals surface area contributed by atoms with E-state index in [0.29, 0.717) is 29.7 Å². The van der Waals surface area contributed by atoms with Gasteiger partial charge in [-0.2, -0.15) is 18.3 Å². The molecule has 0 bridgehead atoms. The molecule has 0 spiro atoms. The molecule has 0 fully saturated rings. The van der Waals surface area contributed by atoms with Gasteiger partial charge in [0.2, 0.25) is 0 Å². The van der Waals surface area contributed by atoms with E-state index in [2.05, 4.69) is 9.84 Å². The summed E-state index contributed by atoms with van der Waals surface area (Å²) in [6.07, 6.45) is -2.05. The molecular formula is C14H13F3N2O2. The van der Waals surface area contributed by atoms with Gasteiger partial charge in [-0.05, 0) is 31.2 Å². The normalized spacial score (nSPS) is 11.4. The van der Waals surface area contributed by atoms with Gasteiger partial charge in [-0.3, -0.25) is 9.48 Å². The zero-order chi connectivity index (χ0) is 15.5. The van der Waals surface area contributed by atoms with Gasteiger partial charge in [0.15, 0.2) is 12.9 Å². The molecule has 0 N–H and O–H groups in total. The number of carbonyl (C=O) groups is 1. The topological polar surface area (TPSA) is 44.1 Å². The summed E-state index contributed by atoms with van der Waals surface area (Å²) < 4.78 is 42.4. The Morgan fingerprint density at radius 1 is 1.29 bits per heavy atom. The van der Waals surface area contributed by atoms with Crippen molar-refractivity contribution in [2.75, 3.05) is 6.61 Å². The molecule has 0 radical (unpaired) electrons. The predicted molar refractivity (Wildman–Crippen MR) is 70.3 cm³/mol. The van der Waals surface area contributed by atoms with E-state index in [-0.39, 0.29) is 5.75 Å². The lowest BCUT2D eigenvalue weighted by molar-refractivity contribution is -0.153. The summed E-state index contributed by atoms with van der Waals surface area (Å²) in [4.78, 5) is 11.0. The van der Waals surface area contributed by atoms with Gasteiger partial charge in [-0.1, -0.05) is 0 Å². The lowest BCUT2D eigenvalue weighted by Gasteiger charge is -2.09. The number of aryl methyl sites for hydroxylation is 1. The number of aldehydes is 1. The van der Waals surface area contributed by atoms with Crippen molar-refractivity contribution in [3.05, 3.63) is 36.0 Å². The molecule has 0 amide bonds. The smallest absolute Gasteiger partial charge is 0.422 e. The third-order valence-corrected chi connectivity index (χ3v) is 2.77. The van der Waals surface area contributed by atoms with Crippen molar-refractivity contribution in [3.63, 3.8) is 0 Å². The third-order valence-electron chi connectivity index (χ3n) is 2.77. The molecule has 0 aliphatic heterocycles. The minimum Gasteiger partial charge on any atom is -0.484 e. The second-order valence-corrected chi connectivity index (χ2v) is 4.33. The molecular weight excluding hydrogens is 285 g/mol. The molecule has 0 atom stereocenters. The summed E-state index contributed by atoms with van der Waals surface area (Å²) in [5.41, 5.74) is 1.57. The molecule has 0 unspecified atom stereocenters. The van der Waals surface area contributed by atoms with Gasteiger partial charge in [0.25, 0.3) is 0 Å². The van der Waals surface area contributed by atoms with Gasteiger partial charge in [-0.25, -0.2) is 0 Å². The molecule has 0 aliphatic carbocycles. The summed E-state index contributed by atoms with van der Waals surface area (Å²) in [6.45, 7) is 1.17. The van der Waals surface area contributed by atoms with Crippen LogP contribution >= 0.6 is 0 Å². The lowest BCUT2D eigenvalue weighted by atomic mass is 10.1. The SMILES string of the molecule is CCn1cc(C=O)c(-c2ccc(OCC(F)(F)F)cc2)n1. The Kier molecular flexibility index (Phi) is 4.30. The molecule has 1 heterocycles. The van der Waals surface area contributed by atoms with Crippen molar-refractivity contribution in [2.45, 2.75) is 19.6 Å². The molecule has 0 aliphatic rings. The van der Waals surface area contributed by atoms with Crippen LogP contribution in [-0.4, -0.2) is 28.8 Å². The number of rotatable bonds is 5. The number of nitrogens with zero attached hydrogens (tertiary/aromatic N) is 2.